The predicted octanol–water partition coefficient (Wildman–Crippen LogP) is 2.75. The molecule has 0 spiro atoms. The standard InChI is InChI=1S/C11H14BrN3S/c1-13-10(9-3-5-15(2)14-9)7-11-8(12)4-6-16-11/h3-6,10,13H,7H2,1-2H3. The third kappa shape index (κ3) is 2.53. The van der Waals surface area contributed by atoms with Crippen molar-refractivity contribution in [3.05, 3.63) is 38.8 Å². The number of rotatable bonds is 4. The quantitative estimate of drug-likeness (QED) is 0.941. The Balaban J connectivity index is 2.15. The Morgan fingerprint density at radius 3 is 2.88 bits per heavy atom. The highest BCUT2D eigenvalue weighted by Gasteiger charge is 2.14. The average molecular weight is 300 g/mol. The summed E-state index contributed by atoms with van der Waals surface area (Å²) < 4.78 is 3.03. The maximum absolute atomic E-state index is 4.44. The van der Waals surface area contributed by atoms with Crippen LogP contribution in [0.4, 0.5) is 0 Å². The van der Waals surface area contributed by atoms with Crippen LogP contribution in [0.5, 0.6) is 0 Å². The number of likely N-dealkylation sites (N-methyl/N-ethyl adjacent to an activating group) is 1. The van der Waals surface area contributed by atoms with E-state index >= 15 is 0 Å². The summed E-state index contributed by atoms with van der Waals surface area (Å²) in [5.74, 6) is 0. The molecule has 1 atom stereocenters. The first-order chi connectivity index (χ1) is 7.70. The minimum atomic E-state index is 0.274. The fourth-order valence-electron chi connectivity index (χ4n) is 1.63. The van der Waals surface area contributed by atoms with Crippen LogP contribution in [0.25, 0.3) is 0 Å². The van der Waals surface area contributed by atoms with Crippen molar-refractivity contribution >= 4 is 27.3 Å². The lowest BCUT2D eigenvalue weighted by Crippen LogP contribution is -2.19. The molecule has 2 rings (SSSR count). The second-order valence-electron chi connectivity index (χ2n) is 3.65. The van der Waals surface area contributed by atoms with E-state index in [1.54, 1.807) is 11.3 Å². The number of nitrogens with zero attached hydrogens (tertiary/aromatic N) is 2. The highest BCUT2D eigenvalue weighted by molar-refractivity contribution is 9.10. The van der Waals surface area contributed by atoms with Crippen LogP contribution in [-0.4, -0.2) is 16.8 Å². The average Bonchev–Trinajstić information content (AvgIpc) is 2.85. The van der Waals surface area contributed by atoms with Crippen molar-refractivity contribution in [1.82, 2.24) is 15.1 Å². The van der Waals surface area contributed by atoms with Crippen molar-refractivity contribution in [2.45, 2.75) is 12.5 Å². The predicted molar refractivity (Wildman–Crippen MR) is 70.7 cm³/mol. The molecule has 0 amide bonds. The Morgan fingerprint density at radius 1 is 1.56 bits per heavy atom. The van der Waals surface area contributed by atoms with Gasteiger partial charge in [0.05, 0.1) is 11.7 Å². The minimum absolute atomic E-state index is 0.274. The third-order valence-corrected chi connectivity index (χ3v) is 4.47. The molecule has 0 radical (unpaired) electrons. The van der Waals surface area contributed by atoms with Crippen molar-refractivity contribution < 1.29 is 0 Å². The van der Waals surface area contributed by atoms with Gasteiger partial charge in [-0.25, -0.2) is 0 Å². The highest BCUT2D eigenvalue weighted by atomic mass is 79.9. The van der Waals surface area contributed by atoms with Gasteiger partial charge in [0.15, 0.2) is 0 Å². The van der Waals surface area contributed by atoms with Crippen molar-refractivity contribution in [3.63, 3.8) is 0 Å². The van der Waals surface area contributed by atoms with Gasteiger partial charge >= 0.3 is 0 Å². The fraction of sp³-hybridized carbons (Fsp3) is 0.364. The Bertz CT molecular complexity index is 463. The molecule has 16 heavy (non-hydrogen) atoms. The van der Waals surface area contributed by atoms with E-state index in [2.05, 4.69) is 43.9 Å². The molecule has 0 saturated carbocycles. The van der Waals surface area contributed by atoms with Gasteiger partial charge in [-0.15, -0.1) is 11.3 Å². The summed E-state index contributed by atoms with van der Waals surface area (Å²) in [5.41, 5.74) is 1.09. The number of hydrogen-bond acceptors (Lipinski definition) is 3. The van der Waals surface area contributed by atoms with Gasteiger partial charge in [-0.05, 0) is 40.5 Å². The molecule has 0 aromatic carbocycles. The second-order valence-corrected chi connectivity index (χ2v) is 5.51. The molecule has 0 bridgehead atoms. The van der Waals surface area contributed by atoms with E-state index in [0.29, 0.717) is 0 Å². The molecule has 1 N–H and O–H groups in total. The smallest absolute Gasteiger partial charge is 0.0797 e. The van der Waals surface area contributed by atoms with E-state index in [0.717, 1.165) is 12.1 Å². The molecular weight excluding hydrogens is 286 g/mol. The molecule has 0 fully saturated rings. The van der Waals surface area contributed by atoms with E-state index in [4.69, 9.17) is 0 Å². The van der Waals surface area contributed by atoms with Crippen molar-refractivity contribution in [2.75, 3.05) is 7.05 Å². The van der Waals surface area contributed by atoms with Crippen LogP contribution in [0.1, 0.15) is 16.6 Å². The SMILES string of the molecule is CNC(Cc1sccc1Br)c1ccn(C)n1. The molecule has 0 aliphatic rings. The molecule has 2 aromatic rings. The molecular formula is C11H14BrN3S. The highest BCUT2D eigenvalue weighted by Crippen LogP contribution is 2.27. The Kier molecular flexibility index (Phi) is 3.78. The Labute approximate surface area is 108 Å². The van der Waals surface area contributed by atoms with Crippen molar-refractivity contribution in [3.8, 4) is 0 Å². The number of aromatic nitrogens is 2. The van der Waals surface area contributed by atoms with Gasteiger partial charge in [0.2, 0.25) is 0 Å². The second kappa shape index (κ2) is 5.12. The van der Waals surface area contributed by atoms with Gasteiger partial charge in [-0.2, -0.15) is 5.10 Å². The Hall–Kier alpha value is -0.650. The van der Waals surface area contributed by atoms with E-state index in [9.17, 15) is 0 Å². The first-order valence-electron chi connectivity index (χ1n) is 5.09. The Morgan fingerprint density at radius 2 is 2.38 bits per heavy atom. The topological polar surface area (TPSA) is 29.9 Å². The molecule has 5 heteroatoms. The maximum atomic E-state index is 4.44. The molecule has 0 aliphatic heterocycles. The monoisotopic (exact) mass is 299 g/mol. The van der Waals surface area contributed by atoms with E-state index < -0.39 is 0 Å². The van der Waals surface area contributed by atoms with Crippen LogP contribution < -0.4 is 5.32 Å². The van der Waals surface area contributed by atoms with Gasteiger partial charge in [-0.3, -0.25) is 4.68 Å². The van der Waals surface area contributed by atoms with Crippen LogP contribution >= 0.6 is 27.3 Å². The summed E-state index contributed by atoms with van der Waals surface area (Å²) in [6.07, 6.45) is 2.94. The molecule has 1 unspecified atom stereocenters. The maximum Gasteiger partial charge on any atom is 0.0797 e. The normalized spacial score (nSPS) is 12.9. The molecule has 0 saturated heterocycles. The van der Waals surface area contributed by atoms with E-state index in [-0.39, 0.29) is 6.04 Å². The van der Waals surface area contributed by atoms with Crippen molar-refractivity contribution in [2.24, 2.45) is 7.05 Å². The summed E-state index contributed by atoms with van der Waals surface area (Å²) in [7, 11) is 3.91. The largest absolute Gasteiger partial charge is 0.311 e. The lowest BCUT2D eigenvalue weighted by Gasteiger charge is -2.12. The first-order valence-corrected chi connectivity index (χ1v) is 6.76. The van der Waals surface area contributed by atoms with Gasteiger partial charge in [0, 0.05) is 29.0 Å². The zero-order valence-electron chi connectivity index (χ0n) is 9.27. The summed E-state index contributed by atoms with van der Waals surface area (Å²) in [6.45, 7) is 0. The zero-order chi connectivity index (χ0) is 11.5. The zero-order valence-corrected chi connectivity index (χ0v) is 11.7. The van der Waals surface area contributed by atoms with Gasteiger partial charge in [-0.1, -0.05) is 0 Å². The third-order valence-electron chi connectivity index (χ3n) is 2.52. The molecule has 0 aliphatic carbocycles. The summed E-state index contributed by atoms with van der Waals surface area (Å²) >= 11 is 5.33. The van der Waals surface area contributed by atoms with Gasteiger partial charge in [0.1, 0.15) is 0 Å². The number of nitrogens with one attached hydrogen (secondary N) is 1. The van der Waals surface area contributed by atoms with Gasteiger partial charge in [0.25, 0.3) is 0 Å². The lowest BCUT2D eigenvalue weighted by atomic mass is 10.1. The van der Waals surface area contributed by atoms with Crippen LogP contribution in [0, 0.1) is 0 Å². The molecule has 2 heterocycles. The lowest BCUT2D eigenvalue weighted by molar-refractivity contribution is 0.566. The minimum Gasteiger partial charge on any atom is -0.311 e. The summed E-state index contributed by atoms with van der Waals surface area (Å²) in [6, 6.07) is 4.42. The summed E-state index contributed by atoms with van der Waals surface area (Å²) in [4.78, 5) is 1.35. The van der Waals surface area contributed by atoms with E-state index in [1.165, 1.54) is 9.35 Å². The number of aryl methyl sites for hydroxylation is 1. The van der Waals surface area contributed by atoms with E-state index in [1.807, 2.05) is 25.0 Å². The van der Waals surface area contributed by atoms with Crippen LogP contribution in [0.15, 0.2) is 28.2 Å². The molecule has 2 aromatic heterocycles. The molecule has 3 nitrogen and oxygen atoms in total. The first kappa shape index (κ1) is 11.8. The van der Waals surface area contributed by atoms with Crippen molar-refractivity contribution in [1.29, 1.82) is 0 Å². The van der Waals surface area contributed by atoms with Crippen LogP contribution in [0.3, 0.4) is 0 Å². The summed E-state index contributed by atoms with van der Waals surface area (Å²) in [5, 5.41) is 9.84. The number of thiophene rings is 1. The fourth-order valence-corrected chi connectivity index (χ4v) is 3.19. The number of halogens is 1. The van der Waals surface area contributed by atoms with Crippen LogP contribution in [0.2, 0.25) is 0 Å². The van der Waals surface area contributed by atoms with Crippen LogP contribution in [-0.2, 0) is 13.5 Å². The number of hydrogen-bond donors (Lipinski definition) is 1. The van der Waals surface area contributed by atoms with Gasteiger partial charge < -0.3 is 5.32 Å². The molecule has 86 valence electrons.